The van der Waals surface area contributed by atoms with Crippen molar-refractivity contribution in [1.29, 1.82) is 0 Å². The molecular formula is C12H12F2O10S. The molecule has 13 heteroatoms. The van der Waals surface area contributed by atoms with Crippen LogP contribution in [-0.4, -0.2) is 73.6 Å². The molecule has 10 nitrogen and oxygen atoms in total. The van der Waals surface area contributed by atoms with E-state index in [1.54, 1.807) is 0 Å². The standard InChI is InChI=1S/C12H12F2O10S/c1-3(15)22-6-5-4(10(16)21-2-12(13,14)11(17)18)9-8(23-5)7(6)24-25(9,19)20/h4-9H,2H2,1H3,(H,17,18). The van der Waals surface area contributed by atoms with Crippen molar-refractivity contribution in [2.45, 2.75) is 42.5 Å². The number of hydrogen-bond acceptors (Lipinski definition) is 9. The number of halogens is 2. The molecule has 0 aliphatic carbocycles. The molecule has 3 saturated heterocycles. The van der Waals surface area contributed by atoms with E-state index >= 15 is 0 Å². The number of fused-ring (bicyclic) bond motifs is 1. The molecule has 1 N–H and O–H groups in total. The summed E-state index contributed by atoms with van der Waals surface area (Å²) in [5.74, 6) is -10.6. The Morgan fingerprint density at radius 2 is 1.84 bits per heavy atom. The van der Waals surface area contributed by atoms with Crippen LogP contribution in [0.2, 0.25) is 0 Å². The Hall–Kier alpha value is -1.86. The van der Waals surface area contributed by atoms with E-state index in [9.17, 15) is 31.6 Å². The Balaban J connectivity index is 1.82. The molecule has 0 spiro atoms. The molecule has 3 aliphatic heterocycles. The van der Waals surface area contributed by atoms with Crippen LogP contribution in [0.25, 0.3) is 0 Å². The van der Waals surface area contributed by atoms with Crippen LogP contribution in [0, 0.1) is 5.92 Å². The summed E-state index contributed by atoms with van der Waals surface area (Å²) < 4.78 is 69.6. The van der Waals surface area contributed by atoms with E-state index in [-0.39, 0.29) is 0 Å². The number of carbonyl (C=O) groups is 3. The van der Waals surface area contributed by atoms with Gasteiger partial charge in [-0.05, 0) is 0 Å². The Labute approximate surface area is 139 Å². The zero-order valence-electron chi connectivity index (χ0n) is 12.5. The molecule has 3 rings (SSSR count). The van der Waals surface area contributed by atoms with Gasteiger partial charge in [0.05, 0.1) is 0 Å². The molecule has 6 unspecified atom stereocenters. The highest BCUT2D eigenvalue weighted by molar-refractivity contribution is 7.87. The van der Waals surface area contributed by atoms with Crippen LogP contribution in [0.3, 0.4) is 0 Å². The van der Waals surface area contributed by atoms with Crippen molar-refractivity contribution >= 4 is 28.0 Å². The van der Waals surface area contributed by atoms with Gasteiger partial charge in [0, 0.05) is 6.92 Å². The molecule has 25 heavy (non-hydrogen) atoms. The number of carboxylic acids is 1. The summed E-state index contributed by atoms with van der Waals surface area (Å²) in [7, 11) is -4.29. The lowest BCUT2D eigenvalue weighted by Crippen LogP contribution is -2.50. The predicted octanol–water partition coefficient (Wildman–Crippen LogP) is -1.32. The summed E-state index contributed by atoms with van der Waals surface area (Å²) in [6.45, 7) is -0.724. The largest absolute Gasteiger partial charge is 0.477 e. The van der Waals surface area contributed by atoms with E-state index in [4.69, 9.17) is 18.8 Å². The monoisotopic (exact) mass is 386 g/mol. The molecule has 140 valence electrons. The highest BCUT2D eigenvalue weighted by Crippen LogP contribution is 2.51. The molecule has 3 fully saturated rings. The quantitative estimate of drug-likeness (QED) is 0.446. The third kappa shape index (κ3) is 2.75. The van der Waals surface area contributed by atoms with E-state index < -0.39 is 76.1 Å². The molecule has 0 saturated carbocycles. The highest BCUT2D eigenvalue weighted by atomic mass is 32.2. The van der Waals surface area contributed by atoms with E-state index in [1.807, 2.05) is 0 Å². The van der Waals surface area contributed by atoms with Gasteiger partial charge in [0.2, 0.25) is 0 Å². The second-order valence-electron chi connectivity index (χ2n) is 5.80. The Bertz CT molecular complexity index is 734. The first-order valence-corrected chi connectivity index (χ1v) is 8.45. The lowest BCUT2D eigenvalue weighted by molar-refractivity contribution is -0.181. The van der Waals surface area contributed by atoms with Crippen molar-refractivity contribution in [2.75, 3.05) is 6.61 Å². The van der Waals surface area contributed by atoms with Gasteiger partial charge in [-0.15, -0.1) is 0 Å². The smallest absolute Gasteiger partial charge is 0.378 e. The lowest BCUT2D eigenvalue weighted by atomic mass is 9.85. The van der Waals surface area contributed by atoms with E-state index in [1.165, 1.54) is 0 Å². The minimum Gasteiger partial charge on any atom is -0.477 e. The number of carbonyl (C=O) groups excluding carboxylic acids is 2. The SMILES string of the molecule is CC(=O)OC1C2OS(=O)(=O)C3C2OC1C3C(=O)OCC(F)(F)C(=O)O. The van der Waals surface area contributed by atoms with Crippen molar-refractivity contribution in [1.82, 2.24) is 0 Å². The molecule has 0 aromatic heterocycles. The molecule has 0 radical (unpaired) electrons. The summed E-state index contributed by atoms with van der Waals surface area (Å²) in [4.78, 5) is 33.6. The van der Waals surface area contributed by atoms with Crippen LogP contribution < -0.4 is 0 Å². The van der Waals surface area contributed by atoms with Crippen LogP contribution in [0.5, 0.6) is 0 Å². The maximum absolute atomic E-state index is 13.0. The fraction of sp³-hybridized carbons (Fsp3) is 0.750. The van der Waals surface area contributed by atoms with Gasteiger partial charge >= 0.3 is 23.8 Å². The number of hydrogen-bond donors (Lipinski definition) is 1. The van der Waals surface area contributed by atoms with Crippen molar-refractivity contribution in [3.63, 3.8) is 0 Å². The highest BCUT2D eigenvalue weighted by Gasteiger charge is 2.73. The minimum atomic E-state index is -4.34. The zero-order valence-corrected chi connectivity index (χ0v) is 13.3. The van der Waals surface area contributed by atoms with Gasteiger partial charge in [-0.1, -0.05) is 0 Å². The summed E-state index contributed by atoms with van der Waals surface area (Å²) in [5.41, 5.74) is 0. The van der Waals surface area contributed by atoms with Gasteiger partial charge in [0.1, 0.15) is 29.5 Å². The van der Waals surface area contributed by atoms with E-state index in [0.29, 0.717) is 0 Å². The van der Waals surface area contributed by atoms with E-state index in [2.05, 4.69) is 4.74 Å². The summed E-state index contributed by atoms with van der Waals surface area (Å²) >= 11 is 0. The average Bonchev–Trinajstić information content (AvgIpc) is 3.06. The number of ether oxygens (including phenoxy) is 3. The molecule has 6 atom stereocenters. The van der Waals surface area contributed by atoms with Crippen molar-refractivity contribution in [3.05, 3.63) is 0 Å². The number of esters is 2. The van der Waals surface area contributed by atoms with Gasteiger partial charge in [-0.2, -0.15) is 17.2 Å². The fourth-order valence-corrected chi connectivity index (χ4v) is 5.07. The molecular weight excluding hydrogens is 374 g/mol. The maximum atomic E-state index is 13.0. The fourth-order valence-electron chi connectivity index (χ4n) is 3.24. The molecule has 3 aliphatic rings. The third-order valence-electron chi connectivity index (χ3n) is 4.18. The van der Waals surface area contributed by atoms with Crippen LogP contribution in [-0.2, 0) is 42.9 Å². The Morgan fingerprint density at radius 3 is 2.40 bits per heavy atom. The third-order valence-corrected chi connectivity index (χ3v) is 5.90. The van der Waals surface area contributed by atoms with Gasteiger partial charge < -0.3 is 19.3 Å². The van der Waals surface area contributed by atoms with Gasteiger partial charge in [0.15, 0.2) is 12.7 Å². The number of alkyl halides is 2. The second kappa shape index (κ2) is 5.57. The van der Waals surface area contributed by atoms with Crippen LogP contribution in [0.1, 0.15) is 6.92 Å². The summed E-state index contributed by atoms with van der Waals surface area (Å²) in [6, 6.07) is 0. The lowest BCUT2D eigenvalue weighted by Gasteiger charge is -2.26. The topological polar surface area (TPSA) is 142 Å². The Morgan fingerprint density at radius 1 is 1.20 bits per heavy atom. The predicted molar refractivity (Wildman–Crippen MR) is 68.8 cm³/mol. The van der Waals surface area contributed by atoms with E-state index in [0.717, 1.165) is 6.92 Å². The number of aliphatic carboxylic acids is 1. The molecule has 0 aromatic rings. The van der Waals surface area contributed by atoms with Crippen LogP contribution >= 0.6 is 0 Å². The van der Waals surface area contributed by atoms with Crippen molar-refractivity contribution in [3.8, 4) is 0 Å². The first-order chi connectivity index (χ1) is 11.5. The van der Waals surface area contributed by atoms with Crippen LogP contribution in [0.15, 0.2) is 0 Å². The van der Waals surface area contributed by atoms with Crippen molar-refractivity contribution < 1.29 is 55.1 Å². The Kier molecular flexibility index (Phi) is 4.00. The number of rotatable bonds is 5. The van der Waals surface area contributed by atoms with Gasteiger partial charge in [-0.3, -0.25) is 13.8 Å². The minimum absolute atomic E-state index is 0.782. The summed E-state index contributed by atoms with van der Waals surface area (Å²) in [6.07, 6.45) is -4.73. The summed E-state index contributed by atoms with van der Waals surface area (Å²) in [5, 5.41) is 6.81. The van der Waals surface area contributed by atoms with Crippen molar-refractivity contribution in [2.24, 2.45) is 5.92 Å². The second-order valence-corrected chi connectivity index (χ2v) is 7.52. The molecule has 0 amide bonds. The van der Waals surface area contributed by atoms with Gasteiger partial charge in [0.25, 0.3) is 10.1 Å². The molecule has 0 aromatic carbocycles. The van der Waals surface area contributed by atoms with Gasteiger partial charge in [-0.25, -0.2) is 4.79 Å². The zero-order chi connectivity index (χ0) is 18.7. The number of carboxylic acid groups (broad SMARTS) is 1. The van der Waals surface area contributed by atoms with Crippen LogP contribution in [0.4, 0.5) is 8.78 Å². The average molecular weight is 386 g/mol. The first kappa shape index (κ1) is 17.9. The molecule has 2 bridgehead atoms. The molecule has 3 heterocycles. The first-order valence-electron chi connectivity index (χ1n) is 6.98. The maximum Gasteiger partial charge on any atom is 0.378 e. The normalized spacial score (nSPS) is 37.7.